The average Bonchev–Trinajstić information content (AvgIpc) is 2.51. The first kappa shape index (κ1) is 15.6. The van der Waals surface area contributed by atoms with Crippen molar-refractivity contribution < 1.29 is 0 Å². The van der Waals surface area contributed by atoms with Crippen LogP contribution in [-0.2, 0) is 0 Å². The van der Waals surface area contributed by atoms with Crippen LogP contribution in [0.1, 0.15) is 5.56 Å². The van der Waals surface area contributed by atoms with Gasteiger partial charge >= 0.3 is 0 Å². The van der Waals surface area contributed by atoms with E-state index in [0.29, 0.717) is 27.1 Å². The molecule has 0 spiro atoms. The minimum atomic E-state index is 0.160. The zero-order chi connectivity index (χ0) is 16.4. The van der Waals surface area contributed by atoms with Gasteiger partial charge in [0.15, 0.2) is 0 Å². The second kappa shape index (κ2) is 6.44. The fourth-order valence-corrected chi connectivity index (χ4v) is 2.53. The molecule has 0 aliphatic rings. The molecule has 0 amide bonds. The van der Waals surface area contributed by atoms with Gasteiger partial charge in [-0.15, -0.1) is 0 Å². The predicted octanol–water partition coefficient (Wildman–Crippen LogP) is 5.08. The Morgan fingerprint density at radius 1 is 0.957 bits per heavy atom. The Morgan fingerprint density at radius 2 is 1.70 bits per heavy atom. The second-order valence-corrected chi connectivity index (χ2v) is 5.96. The summed E-state index contributed by atoms with van der Waals surface area (Å²) in [5, 5.41) is 4.34. The van der Waals surface area contributed by atoms with E-state index in [1.807, 2.05) is 31.2 Å². The lowest BCUT2D eigenvalue weighted by molar-refractivity contribution is 1.19. The molecule has 2 aromatic carbocycles. The topological polar surface area (TPSA) is 63.8 Å². The average molecular weight is 345 g/mol. The van der Waals surface area contributed by atoms with Gasteiger partial charge in [0.25, 0.3) is 0 Å². The quantitative estimate of drug-likeness (QED) is 0.694. The number of hydrogen-bond acceptors (Lipinski definition) is 4. The fraction of sp³-hybridized carbons (Fsp3) is 0.0588. The van der Waals surface area contributed by atoms with Gasteiger partial charge in [0, 0.05) is 22.3 Å². The van der Waals surface area contributed by atoms with Crippen molar-refractivity contribution in [2.24, 2.45) is 0 Å². The molecule has 3 rings (SSSR count). The van der Waals surface area contributed by atoms with Gasteiger partial charge in [0.05, 0.1) is 10.7 Å². The van der Waals surface area contributed by atoms with E-state index in [-0.39, 0.29) is 5.95 Å². The molecular weight excluding hydrogens is 331 g/mol. The lowest BCUT2D eigenvalue weighted by Gasteiger charge is -2.10. The van der Waals surface area contributed by atoms with Crippen molar-refractivity contribution in [3.05, 3.63) is 64.1 Å². The SMILES string of the molecule is Cc1ccc(Nc2cc(-c3cc(Cl)ccc3Cl)nc(N)n2)cc1. The van der Waals surface area contributed by atoms with E-state index < -0.39 is 0 Å². The van der Waals surface area contributed by atoms with Crippen LogP contribution in [0.15, 0.2) is 48.5 Å². The van der Waals surface area contributed by atoms with Crippen molar-refractivity contribution in [2.75, 3.05) is 11.1 Å². The lowest BCUT2D eigenvalue weighted by atomic mass is 10.1. The van der Waals surface area contributed by atoms with Crippen LogP contribution in [0.4, 0.5) is 17.5 Å². The van der Waals surface area contributed by atoms with E-state index in [1.165, 1.54) is 5.56 Å². The predicted molar refractivity (Wildman–Crippen MR) is 96.4 cm³/mol. The molecule has 0 fully saturated rings. The summed E-state index contributed by atoms with van der Waals surface area (Å²) < 4.78 is 0. The van der Waals surface area contributed by atoms with Crippen LogP contribution in [0, 0.1) is 6.92 Å². The Labute approximate surface area is 144 Å². The van der Waals surface area contributed by atoms with Gasteiger partial charge in [0.2, 0.25) is 5.95 Å². The molecule has 1 heterocycles. The van der Waals surface area contributed by atoms with Crippen molar-refractivity contribution in [1.82, 2.24) is 9.97 Å². The molecule has 116 valence electrons. The summed E-state index contributed by atoms with van der Waals surface area (Å²) in [4.78, 5) is 8.45. The molecule has 3 N–H and O–H groups in total. The summed E-state index contributed by atoms with van der Waals surface area (Å²) in [5.41, 5.74) is 9.24. The number of anilines is 3. The van der Waals surface area contributed by atoms with Crippen LogP contribution in [0.2, 0.25) is 10.0 Å². The summed E-state index contributed by atoms with van der Waals surface area (Å²) in [6.45, 7) is 2.03. The number of aryl methyl sites for hydroxylation is 1. The van der Waals surface area contributed by atoms with Crippen LogP contribution >= 0.6 is 23.2 Å². The smallest absolute Gasteiger partial charge is 0.222 e. The molecule has 0 unspecified atom stereocenters. The molecule has 0 radical (unpaired) electrons. The first-order valence-electron chi connectivity index (χ1n) is 6.95. The molecule has 0 aliphatic carbocycles. The molecule has 0 saturated heterocycles. The number of aromatic nitrogens is 2. The number of hydrogen-bond donors (Lipinski definition) is 2. The number of nitrogens with two attached hydrogens (primary N) is 1. The zero-order valence-corrected chi connectivity index (χ0v) is 13.9. The number of nitrogen functional groups attached to an aromatic ring is 1. The molecule has 1 aromatic heterocycles. The third kappa shape index (κ3) is 3.73. The summed E-state index contributed by atoms with van der Waals surface area (Å²) in [6.07, 6.45) is 0. The molecule has 0 atom stereocenters. The van der Waals surface area contributed by atoms with Crippen molar-refractivity contribution >= 4 is 40.7 Å². The monoisotopic (exact) mass is 344 g/mol. The van der Waals surface area contributed by atoms with Gasteiger partial charge in [-0.05, 0) is 37.3 Å². The maximum Gasteiger partial charge on any atom is 0.222 e. The van der Waals surface area contributed by atoms with Crippen LogP contribution in [0.25, 0.3) is 11.3 Å². The number of nitrogens with one attached hydrogen (secondary N) is 1. The van der Waals surface area contributed by atoms with E-state index in [1.54, 1.807) is 24.3 Å². The molecule has 23 heavy (non-hydrogen) atoms. The van der Waals surface area contributed by atoms with Gasteiger partial charge in [0.1, 0.15) is 5.82 Å². The number of benzene rings is 2. The van der Waals surface area contributed by atoms with E-state index in [4.69, 9.17) is 28.9 Å². The highest BCUT2D eigenvalue weighted by Crippen LogP contribution is 2.31. The summed E-state index contributed by atoms with van der Waals surface area (Å²) in [6, 6.07) is 15.0. The van der Waals surface area contributed by atoms with E-state index in [2.05, 4.69) is 15.3 Å². The number of rotatable bonds is 3. The fourth-order valence-electron chi connectivity index (χ4n) is 2.15. The first-order chi connectivity index (χ1) is 11.0. The summed E-state index contributed by atoms with van der Waals surface area (Å²) in [5.74, 6) is 0.751. The molecule has 0 saturated carbocycles. The summed E-state index contributed by atoms with van der Waals surface area (Å²) >= 11 is 12.3. The van der Waals surface area contributed by atoms with Gasteiger partial charge < -0.3 is 11.1 Å². The molecule has 3 aromatic rings. The highest BCUT2D eigenvalue weighted by molar-refractivity contribution is 6.35. The Kier molecular flexibility index (Phi) is 4.37. The highest BCUT2D eigenvalue weighted by atomic mass is 35.5. The largest absolute Gasteiger partial charge is 0.368 e. The molecule has 4 nitrogen and oxygen atoms in total. The zero-order valence-electron chi connectivity index (χ0n) is 12.3. The standard InChI is InChI=1S/C17H14Cl2N4/c1-10-2-5-12(6-3-10)21-16-9-15(22-17(20)23-16)13-8-11(18)4-7-14(13)19/h2-9H,1H3,(H3,20,21,22,23). The minimum absolute atomic E-state index is 0.160. The van der Waals surface area contributed by atoms with Crippen molar-refractivity contribution in [3.8, 4) is 11.3 Å². The highest BCUT2D eigenvalue weighted by Gasteiger charge is 2.09. The Bertz CT molecular complexity index is 848. The Balaban J connectivity index is 1.99. The number of nitrogens with zero attached hydrogens (tertiary/aromatic N) is 2. The Morgan fingerprint density at radius 3 is 2.43 bits per heavy atom. The maximum atomic E-state index is 6.23. The van der Waals surface area contributed by atoms with Crippen LogP contribution in [0.5, 0.6) is 0 Å². The minimum Gasteiger partial charge on any atom is -0.368 e. The molecular formula is C17H14Cl2N4. The lowest BCUT2D eigenvalue weighted by Crippen LogP contribution is -2.01. The van der Waals surface area contributed by atoms with Gasteiger partial charge in [-0.3, -0.25) is 0 Å². The summed E-state index contributed by atoms with van der Waals surface area (Å²) in [7, 11) is 0. The van der Waals surface area contributed by atoms with E-state index >= 15 is 0 Å². The van der Waals surface area contributed by atoms with Crippen LogP contribution in [0.3, 0.4) is 0 Å². The molecule has 0 aliphatic heterocycles. The van der Waals surface area contributed by atoms with Crippen molar-refractivity contribution in [3.63, 3.8) is 0 Å². The first-order valence-corrected chi connectivity index (χ1v) is 7.70. The van der Waals surface area contributed by atoms with Crippen molar-refractivity contribution in [1.29, 1.82) is 0 Å². The van der Waals surface area contributed by atoms with Crippen LogP contribution < -0.4 is 11.1 Å². The van der Waals surface area contributed by atoms with Gasteiger partial charge in [-0.2, -0.15) is 4.98 Å². The normalized spacial score (nSPS) is 10.6. The van der Waals surface area contributed by atoms with Crippen molar-refractivity contribution in [2.45, 2.75) is 6.92 Å². The maximum absolute atomic E-state index is 6.23. The second-order valence-electron chi connectivity index (χ2n) is 5.11. The van der Waals surface area contributed by atoms with Crippen LogP contribution in [-0.4, -0.2) is 9.97 Å². The van der Waals surface area contributed by atoms with E-state index in [0.717, 1.165) is 5.69 Å². The number of halogens is 2. The molecule has 0 bridgehead atoms. The third-order valence-electron chi connectivity index (χ3n) is 3.27. The van der Waals surface area contributed by atoms with E-state index in [9.17, 15) is 0 Å². The Hall–Kier alpha value is -2.30. The van der Waals surface area contributed by atoms with Gasteiger partial charge in [-0.25, -0.2) is 4.98 Å². The third-order valence-corrected chi connectivity index (χ3v) is 3.84. The van der Waals surface area contributed by atoms with Gasteiger partial charge in [-0.1, -0.05) is 40.9 Å². The molecule has 6 heteroatoms.